The van der Waals surface area contributed by atoms with Crippen LogP contribution in [0.4, 0.5) is 0 Å². The van der Waals surface area contributed by atoms with E-state index in [1.807, 2.05) is 23.4 Å². The zero-order chi connectivity index (χ0) is 19.4. The number of piperidine rings is 1. The van der Waals surface area contributed by atoms with E-state index in [9.17, 15) is 4.79 Å². The van der Waals surface area contributed by atoms with Crippen molar-refractivity contribution < 1.29 is 9.53 Å². The molecule has 3 rings (SSSR count). The average Bonchev–Trinajstić information content (AvgIpc) is 2.99. The zero-order valence-corrected chi connectivity index (χ0v) is 17.5. The first kappa shape index (κ1) is 20.3. The van der Waals surface area contributed by atoms with Crippen LogP contribution in [0.1, 0.15) is 57.3 Å². The third-order valence-corrected chi connectivity index (χ3v) is 6.46. The van der Waals surface area contributed by atoms with Crippen molar-refractivity contribution in [2.24, 2.45) is 0 Å². The summed E-state index contributed by atoms with van der Waals surface area (Å²) in [6, 6.07) is 2.68. The molecule has 1 amide bonds. The first-order valence-corrected chi connectivity index (χ1v) is 10.6. The van der Waals surface area contributed by atoms with Crippen molar-refractivity contribution >= 4 is 5.91 Å². The smallest absolute Gasteiger partial charge is 0.224 e. The number of aromatic nitrogens is 2. The second kappa shape index (κ2) is 8.74. The van der Waals surface area contributed by atoms with Gasteiger partial charge in [-0.25, -0.2) is 0 Å². The molecule has 0 aliphatic carbocycles. The number of ether oxygens (including phenoxy) is 1. The normalized spacial score (nSPS) is 22.6. The van der Waals surface area contributed by atoms with Gasteiger partial charge in [-0.15, -0.1) is 0 Å². The van der Waals surface area contributed by atoms with E-state index in [1.54, 1.807) is 0 Å². The van der Waals surface area contributed by atoms with Gasteiger partial charge in [0.1, 0.15) is 0 Å². The minimum absolute atomic E-state index is 0.0159. The Hall–Kier alpha value is -1.40. The van der Waals surface area contributed by atoms with E-state index in [0.717, 1.165) is 69.9 Å². The van der Waals surface area contributed by atoms with Crippen molar-refractivity contribution in [2.75, 3.05) is 32.8 Å². The maximum atomic E-state index is 12.7. The van der Waals surface area contributed by atoms with Crippen molar-refractivity contribution in [3.05, 3.63) is 17.5 Å². The summed E-state index contributed by atoms with van der Waals surface area (Å²) in [5.74, 6) is 0.244. The zero-order valence-electron chi connectivity index (χ0n) is 17.5. The molecule has 2 aliphatic heterocycles. The molecular weight excluding hydrogens is 340 g/mol. The van der Waals surface area contributed by atoms with Gasteiger partial charge in [0.05, 0.1) is 11.3 Å². The molecule has 3 heterocycles. The molecule has 2 saturated heterocycles. The van der Waals surface area contributed by atoms with Crippen LogP contribution in [0, 0.1) is 13.8 Å². The predicted octanol–water partition coefficient (Wildman–Crippen LogP) is 2.77. The first-order valence-electron chi connectivity index (χ1n) is 10.6. The Morgan fingerprint density at radius 3 is 2.59 bits per heavy atom. The van der Waals surface area contributed by atoms with Gasteiger partial charge in [-0.1, -0.05) is 13.8 Å². The maximum absolute atomic E-state index is 12.7. The largest absolute Gasteiger partial charge is 0.375 e. The van der Waals surface area contributed by atoms with Crippen molar-refractivity contribution in [3.8, 4) is 0 Å². The van der Waals surface area contributed by atoms with E-state index in [1.165, 1.54) is 0 Å². The van der Waals surface area contributed by atoms with E-state index >= 15 is 0 Å². The molecule has 0 bridgehead atoms. The van der Waals surface area contributed by atoms with Gasteiger partial charge in [0.15, 0.2) is 0 Å². The molecule has 2 fully saturated rings. The van der Waals surface area contributed by atoms with Gasteiger partial charge in [0.2, 0.25) is 5.91 Å². The van der Waals surface area contributed by atoms with Crippen molar-refractivity contribution in [1.29, 1.82) is 0 Å². The monoisotopic (exact) mass is 376 g/mol. The molecule has 152 valence electrons. The van der Waals surface area contributed by atoms with Gasteiger partial charge in [0, 0.05) is 44.4 Å². The van der Waals surface area contributed by atoms with Crippen LogP contribution in [-0.2, 0) is 16.1 Å². The number of aryl methyl sites for hydroxylation is 3. The summed E-state index contributed by atoms with van der Waals surface area (Å²) >= 11 is 0. The minimum atomic E-state index is -0.0159. The number of nitrogens with zero attached hydrogens (tertiary/aromatic N) is 4. The maximum Gasteiger partial charge on any atom is 0.224 e. The molecule has 0 saturated carbocycles. The molecule has 6 heteroatoms. The second-order valence-electron chi connectivity index (χ2n) is 8.18. The highest BCUT2D eigenvalue weighted by Crippen LogP contribution is 2.36. The number of carbonyl (C=O) groups is 1. The number of carbonyl (C=O) groups excluding carboxylic acids is 1. The molecule has 1 atom stereocenters. The van der Waals surface area contributed by atoms with E-state index in [0.29, 0.717) is 19.0 Å². The van der Waals surface area contributed by atoms with Crippen LogP contribution in [-0.4, -0.2) is 69.9 Å². The second-order valence-corrected chi connectivity index (χ2v) is 8.18. The van der Waals surface area contributed by atoms with Gasteiger partial charge in [-0.05, 0) is 58.7 Å². The van der Waals surface area contributed by atoms with Crippen LogP contribution in [0.2, 0.25) is 0 Å². The minimum Gasteiger partial charge on any atom is -0.375 e. The fourth-order valence-electron chi connectivity index (χ4n) is 4.83. The molecule has 6 nitrogen and oxygen atoms in total. The fourth-order valence-corrected chi connectivity index (χ4v) is 4.83. The summed E-state index contributed by atoms with van der Waals surface area (Å²) in [5, 5.41) is 4.46. The molecule has 1 spiro atoms. The van der Waals surface area contributed by atoms with E-state index < -0.39 is 0 Å². The van der Waals surface area contributed by atoms with E-state index in [-0.39, 0.29) is 11.5 Å². The standard InChI is InChI=1S/C21H36N4O2/c1-5-23(6-2)19-8-14-27-21(16-19)9-12-24(13-10-21)20(26)7-11-25-18(4)15-17(3)22-25/h15,19H,5-14,16H2,1-4H3. The molecule has 2 aliphatic rings. The van der Waals surface area contributed by atoms with Crippen LogP contribution in [0.25, 0.3) is 0 Å². The number of hydrogen-bond acceptors (Lipinski definition) is 4. The molecule has 1 aromatic heterocycles. The molecule has 1 unspecified atom stereocenters. The van der Waals surface area contributed by atoms with Crippen molar-refractivity contribution in [2.45, 2.75) is 78.0 Å². The van der Waals surface area contributed by atoms with Gasteiger partial charge < -0.3 is 14.5 Å². The lowest BCUT2D eigenvalue weighted by Crippen LogP contribution is -2.54. The Morgan fingerprint density at radius 1 is 1.30 bits per heavy atom. The summed E-state index contributed by atoms with van der Waals surface area (Å²) < 4.78 is 8.21. The molecule has 0 N–H and O–H groups in total. The van der Waals surface area contributed by atoms with E-state index in [4.69, 9.17) is 4.74 Å². The third kappa shape index (κ3) is 4.72. The first-order chi connectivity index (χ1) is 13.0. The topological polar surface area (TPSA) is 50.6 Å². The lowest BCUT2D eigenvalue weighted by atomic mass is 9.81. The van der Waals surface area contributed by atoms with Crippen molar-refractivity contribution in [1.82, 2.24) is 19.6 Å². The highest BCUT2D eigenvalue weighted by Gasteiger charge is 2.42. The molecule has 0 aromatic carbocycles. The lowest BCUT2D eigenvalue weighted by molar-refractivity contribution is -0.149. The Labute approximate surface area is 163 Å². The Bertz CT molecular complexity index is 630. The molecule has 0 radical (unpaired) electrons. The van der Waals surface area contributed by atoms with Gasteiger partial charge in [-0.3, -0.25) is 9.48 Å². The van der Waals surface area contributed by atoms with Crippen LogP contribution >= 0.6 is 0 Å². The Morgan fingerprint density at radius 2 is 2.00 bits per heavy atom. The van der Waals surface area contributed by atoms with Crippen molar-refractivity contribution in [3.63, 3.8) is 0 Å². The Balaban J connectivity index is 1.50. The molecule has 27 heavy (non-hydrogen) atoms. The fraction of sp³-hybridized carbons (Fsp3) is 0.810. The highest BCUT2D eigenvalue weighted by molar-refractivity contribution is 5.76. The summed E-state index contributed by atoms with van der Waals surface area (Å²) in [6.45, 7) is 13.9. The summed E-state index contributed by atoms with van der Waals surface area (Å²) in [6.07, 6.45) is 4.71. The van der Waals surface area contributed by atoms with Gasteiger partial charge in [0.25, 0.3) is 0 Å². The number of amides is 1. The molecule has 1 aromatic rings. The van der Waals surface area contributed by atoms with E-state index in [2.05, 4.69) is 29.9 Å². The van der Waals surface area contributed by atoms with Gasteiger partial charge in [-0.2, -0.15) is 5.10 Å². The Kier molecular flexibility index (Phi) is 6.58. The van der Waals surface area contributed by atoms with Gasteiger partial charge >= 0.3 is 0 Å². The number of hydrogen-bond donors (Lipinski definition) is 0. The predicted molar refractivity (Wildman–Crippen MR) is 107 cm³/mol. The average molecular weight is 377 g/mol. The summed E-state index contributed by atoms with van der Waals surface area (Å²) in [5.41, 5.74) is 2.12. The summed E-state index contributed by atoms with van der Waals surface area (Å²) in [7, 11) is 0. The SMILES string of the molecule is CCN(CC)C1CCOC2(CCN(C(=O)CCn3nc(C)cc3C)CC2)C1. The molecular formula is C21H36N4O2. The summed E-state index contributed by atoms with van der Waals surface area (Å²) in [4.78, 5) is 17.3. The quantitative estimate of drug-likeness (QED) is 0.766. The van der Waals surface area contributed by atoms with Crippen LogP contribution in [0.15, 0.2) is 6.07 Å². The number of likely N-dealkylation sites (tertiary alicyclic amines) is 1. The lowest BCUT2D eigenvalue weighted by Gasteiger charge is -2.48. The van der Waals surface area contributed by atoms with Crippen LogP contribution in [0.5, 0.6) is 0 Å². The third-order valence-electron chi connectivity index (χ3n) is 6.46. The van der Waals surface area contributed by atoms with Crippen LogP contribution in [0.3, 0.4) is 0 Å². The van der Waals surface area contributed by atoms with Crippen LogP contribution < -0.4 is 0 Å². The highest BCUT2D eigenvalue weighted by atomic mass is 16.5. The number of rotatable bonds is 6.